The molecule has 29 heavy (non-hydrogen) atoms. The molecular weight excluding hydrogens is 453 g/mol. The molecule has 1 amide bonds. The molecule has 0 spiro atoms. The highest BCUT2D eigenvalue weighted by Gasteiger charge is 2.35. The highest BCUT2D eigenvalue weighted by atomic mass is 35.6. The number of hydrogen-bond acceptors (Lipinski definition) is 4. The van der Waals surface area contributed by atoms with Gasteiger partial charge in [0, 0.05) is 11.6 Å². The number of alkyl halides is 3. The van der Waals surface area contributed by atoms with Crippen molar-refractivity contribution in [2.24, 2.45) is 16.1 Å². The number of nitrogens with one attached hydrogen (secondary N) is 3. The number of anilines is 1. The maximum Gasteiger partial charge on any atom is 0.228 e. The van der Waals surface area contributed by atoms with Crippen LogP contribution in [0.2, 0.25) is 0 Å². The zero-order valence-electron chi connectivity index (χ0n) is 15.7. The normalized spacial score (nSPS) is 12.6. The molecule has 3 N–H and O–H groups in total. The second-order valence-corrected chi connectivity index (χ2v) is 9.10. The van der Waals surface area contributed by atoms with Gasteiger partial charge in [-0.05, 0) is 48.6 Å². The van der Waals surface area contributed by atoms with Crippen molar-refractivity contribution in [1.82, 2.24) is 10.6 Å². The van der Waals surface area contributed by atoms with Gasteiger partial charge in [0.15, 0.2) is 5.11 Å². The summed E-state index contributed by atoms with van der Waals surface area (Å²) < 4.78 is -1.79. The summed E-state index contributed by atoms with van der Waals surface area (Å²) in [5, 5.41) is 16.9. The minimum Gasteiger partial charge on any atom is -0.339 e. The van der Waals surface area contributed by atoms with E-state index < -0.39 is 9.96 Å². The van der Waals surface area contributed by atoms with Crippen LogP contribution in [-0.2, 0) is 4.79 Å². The SMILES string of the molecule is CC(C)C(=O)N[C@H](NC(=S)Nc1ccc(N=Nc2ccccc2)cc1)C(Cl)(Cl)Cl. The third-order valence-electron chi connectivity index (χ3n) is 3.58. The minimum absolute atomic E-state index is 0.184. The van der Waals surface area contributed by atoms with E-state index in [1.807, 2.05) is 30.3 Å². The lowest BCUT2D eigenvalue weighted by molar-refractivity contribution is -0.124. The van der Waals surface area contributed by atoms with Crippen molar-refractivity contribution in [3.8, 4) is 0 Å². The summed E-state index contributed by atoms with van der Waals surface area (Å²) in [7, 11) is 0. The van der Waals surface area contributed by atoms with Crippen LogP contribution in [0.1, 0.15) is 13.8 Å². The summed E-state index contributed by atoms with van der Waals surface area (Å²) in [4.78, 5) is 11.9. The molecule has 6 nitrogen and oxygen atoms in total. The lowest BCUT2D eigenvalue weighted by atomic mass is 10.2. The Morgan fingerprint density at radius 3 is 2.00 bits per heavy atom. The molecule has 0 aliphatic rings. The van der Waals surface area contributed by atoms with E-state index in [-0.39, 0.29) is 16.9 Å². The van der Waals surface area contributed by atoms with Gasteiger partial charge < -0.3 is 16.0 Å². The lowest BCUT2D eigenvalue weighted by Gasteiger charge is -2.28. The van der Waals surface area contributed by atoms with Crippen molar-refractivity contribution in [3.05, 3.63) is 54.6 Å². The average molecular weight is 473 g/mol. The monoisotopic (exact) mass is 471 g/mol. The molecule has 2 rings (SSSR count). The summed E-state index contributed by atoms with van der Waals surface area (Å²) in [6, 6.07) is 16.6. The molecule has 0 fully saturated rings. The summed E-state index contributed by atoms with van der Waals surface area (Å²) in [5.74, 6) is -0.546. The molecule has 0 radical (unpaired) electrons. The molecule has 0 saturated heterocycles. The van der Waals surface area contributed by atoms with Crippen molar-refractivity contribution < 1.29 is 4.79 Å². The van der Waals surface area contributed by atoms with E-state index >= 15 is 0 Å². The van der Waals surface area contributed by atoms with Gasteiger partial charge in [-0.2, -0.15) is 10.2 Å². The first-order chi connectivity index (χ1) is 13.6. The van der Waals surface area contributed by atoms with Crippen LogP contribution in [-0.4, -0.2) is 21.0 Å². The highest BCUT2D eigenvalue weighted by Crippen LogP contribution is 2.29. The molecule has 154 valence electrons. The molecule has 1 atom stereocenters. The van der Waals surface area contributed by atoms with E-state index in [0.29, 0.717) is 11.4 Å². The smallest absolute Gasteiger partial charge is 0.228 e. The first-order valence-electron chi connectivity index (χ1n) is 8.66. The maximum absolute atomic E-state index is 11.9. The zero-order chi connectivity index (χ0) is 21.4. The van der Waals surface area contributed by atoms with Gasteiger partial charge in [-0.25, -0.2) is 0 Å². The fourth-order valence-electron chi connectivity index (χ4n) is 2.03. The number of thiocarbonyl (C=S) groups is 1. The zero-order valence-corrected chi connectivity index (χ0v) is 18.8. The Hall–Kier alpha value is -1.93. The maximum atomic E-state index is 11.9. The minimum atomic E-state index is -1.79. The number of halogens is 3. The van der Waals surface area contributed by atoms with Gasteiger partial charge in [-0.1, -0.05) is 66.8 Å². The Balaban J connectivity index is 1.96. The Bertz CT molecular complexity index is 854. The molecule has 2 aromatic carbocycles. The number of rotatable bonds is 6. The van der Waals surface area contributed by atoms with E-state index in [0.717, 1.165) is 5.69 Å². The van der Waals surface area contributed by atoms with Crippen molar-refractivity contribution in [2.45, 2.75) is 23.8 Å². The van der Waals surface area contributed by atoms with Crippen LogP contribution in [0.15, 0.2) is 64.8 Å². The number of hydrogen-bond donors (Lipinski definition) is 3. The second kappa shape index (κ2) is 10.7. The summed E-state index contributed by atoms with van der Waals surface area (Å²) in [5.41, 5.74) is 2.14. The third-order valence-corrected chi connectivity index (χ3v) is 4.45. The molecule has 0 aromatic heterocycles. The van der Waals surface area contributed by atoms with Crippen LogP contribution < -0.4 is 16.0 Å². The molecule has 0 aliphatic heterocycles. The van der Waals surface area contributed by atoms with Crippen LogP contribution in [0.25, 0.3) is 0 Å². The Morgan fingerprint density at radius 2 is 1.48 bits per heavy atom. The first kappa shape index (κ1) is 23.3. The van der Waals surface area contributed by atoms with Gasteiger partial charge in [0.1, 0.15) is 6.17 Å². The summed E-state index contributed by atoms with van der Waals surface area (Å²) in [6.45, 7) is 3.47. The number of amides is 1. The fourth-order valence-corrected chi connectivity index (χ4v) is 2.59. The van der Waals surface area contributed by atoms with Gasteiger partial charge in [0.25, 0.3) is 0 Å². The number of azo groups is 1. The topological polar surface area (TPSA) is 77.9 Å². The Kier molecular flexibility index (Phi) is 8.64. The van der Waals surface area contributed by atoms with Crippen molar-refractivity contribution in [3.63, 3.8) is 0 Å². The largest absolute Gasteiger partial charge is 0.339 e. The third kappa shape index (κ3) is 8.14. The fraction of sp³-hybridized carbons (Fsp3) is 0.263. The predicted octanol–water partition coefficient (Wildman–Crippen LogP) is 5.86. The lowest BCUT2D eigenvalue weighted by Crippen LogP contribution is -2.56. The molecule has 2 aromatic rings. The molecule has 0 bridgehead atoms. The molecular formula is C19H20Cl3N5OS. The Morgan fingerprint density at radius 1 is 0.931 bits per heavy atom. The van der Waals surface area contributed by atoms with Gasteiger partial charge in [0.2, 0.25) is 9.70 Å². The highest BCUT2D eigenvalue weighted by molar-refractivity contribution is 7.80. The van der Waals surface area contributed by atoms with Gasteiger partial charge in [-0.3, -0.25) is 4.79 Å². The molecule has 0 heterocycles. The first-order valence-corrected chi connectivity index (χ1v) is 10.2. The molecule has 0 aliphatic carbocycles. The number of carbonyl (C=O) groups is 1. The van der Waals surface area contributed by atoms with E-state index in [4.69, 9.17) is 47.0 Å². The predicted molar refractivity (Wildman–Crippen MR) is 123 cm³/mol. The number of benzene rings is 2. The van der Waals surface area contributed by atoms with Crippen LogP contribution in [0, 0.1) is 5.92 Å². The molecule has 10 heteroatoms. The summed E-state index contributed by atoms with van der Waals surface area (Å²) in [6.07, 6.45) is -0.999. The van der Waals surface area contributed by atoms with Crippen LogP contribution in [0.3, 0.4) is 0 Å². The Labute approximate surface area is 190 Å². The second-order valence-electron chi connectivity index (χ2n) is 6.32. The van der Waals surface area contributed by atoms with Crippen LogP contribution >= 0.6 is 47.0 Å². The number of carbonyl (C=O) groups excluding carboxylic acids is 1. The van der Waals surface area contributed by atoms with Crippen molar-refractivity contribution in [2.75, 3.05) is 5.32 Å². The van der Waals surface area contributed by atoms with E-state index in [1.54, 1.807) is 38.1 Å². The molecule has 0 unspecified atom stereocenters. The van der Waals surface area contributed by atoms with Gasteiger partial charge in [-0.15, -0.1) is 0 Å². The number of nitrogens with zero attached hydrogens (tertiary/aromatic N) is 2. The van der Waals surface area contributed by atoms with E-state index in [1.165, 1.54) is 0 Å². The van der Waals surface area contributed by atoms with Crippen molar-refractivity contribution >= 4 is 75.1 Å². The van der Waals surface area contributed by atoms with E-state index in [9.17, 15) is 4.79 Å². The quantitative estimate of drug-likeness (QED) is 0.213. The van der Waals surface area contributed by atoms with Gasteiger partial charge >= 0.3 is 0 Å². The van der Waals surface area contributed by atoms with Crippen LogP contribution in [0.4, 0.5) is 17.1 Å². The van der Waals surface area contributed by atoms with Crippen molar-refractivity contribution in [1.29, 1.82) is 0 Å². The molecule has 0 saturated carbocycles. The van der Waals surface area contributed by atoms with Gasteiger partial charge in [0.05, 0.1) is 11.4 Å². The standard InChI is InChI=1S/C19H20Cl3N5OS/c1-12(2)16(28)24-17(19(20,21)22)25-18(29)23-13-8-10-15(11-9-13)27-26-14-6-4-3-5-7-14/h3-12,17H,1-2H3,(H,24,28)(H2,23,25,29)/t17-/m1/s1. The average Bonchev–Trinajstić information content (AvgIpc) is 2.67. The van der Waals surface area contributed by atoms with E-state index in [2.05, 4.69) is 26.2 Å². The van der Waals surface area contributed by atoms with Crippen LogP contribution in [0.5, 0.6) is 0 Å². The summed E-state index contributed by atoms with van der Waals surface area (Å²) >= 11 is 23.1.